The van der Waals surface area contributed by atoms with Gasteiger partial charge in [-0.15, -0.1) is 0 Å². The van der Waals surface area contributed by atoms with Crippen molar-refractivity contribution in [2.45, 2.75) is 19.3 Å². The SMILES string of the molecule is O=C(NN1CCCCC1)c1cccc(F)c1Br. The second-order valence-electron chi connectivity index (χ2n) is 4.09. The maximum Gasteiger partial charge on any atom is 0.266 e. The second-order valence-corrected chi connectivity index (χ2v) is 4.88. The van der Waals surface area contributed by atoms with Crippen molar-refractivity contribution >= 4 is 21.8 Å². The highest BCUT2D eigenvalue weighted by Gasteiger charge is 2.17. The molecule has 1 aliphatic heterocycles. The van der Waals surface area contributed by atoms with E-state index in [-0.39, 0.29) is 10.4 Å². The van der Waals surface area contributed by atoms with E-state index in [9.17, 15) is 9.18 Å². The van der Waals surface area contributed by atoms with Gasteiger partial charge in [0.2, 0.25) is 0 Å². The van der Waals surface area contributed by atoms with E-state index >= 15 is 0 Å². The molecule has 3 nitrogen and oxygen atoms in total. The molecule has 1 aromatic carbocycles. The molecule has 1 heterocycles. The zero-order chi connectivity index (χ0) is 12.3. The third kappa shape index (κ3) is 3.04. The van der Waals surface area contributed by atoms with Crippen molar-refractivity contribution in [2.24, 2.45) is 0 Å². The normalized spacial score (nSPS) is 16.8. The molecule has 0 bridgehead atoms. The Morgan fingerprint density at radius 1 is 1.29 bits per heavy atom. The van der Waals surface area contributed by atoms with Crippen LogP contribution in [0.25, 0.3) is 0 Å². The van der Waals surface area contributed by atoms with Crippen molar-refractivity contribution in [3.63, 3.8) is 0 Å². The predicted molar refractivity (Wildman–Crippen MR) is 67.0 cm³/mol. The van der Waals surface area contributed by atoms with Gasteiger partial charge in [0.15, 0.2) is 0 Å². The van der Waals surface area contributed by atoms with Gasteiger partial charge in [0.1, 0.15) is 5.82 Å². The average molecular weight is 301 g/mol. The maximum absolute atomic E-state index is 13.3. The Hall–Kier alpha value is -0.940. The molecule has 0 radical (unpaired) electrons. The third-order valence-corrected chi connectivity index (χ3v) is 3.62. The number of nitrogens with zero attached hydrogens (tertiary/aromatic N) is 1. The molecular formula is C12H14BrFN2O. The van der Waals surface area contributed by atoms with E-state index in [1.54, 1.807) is 6.07 Å². The lowest BCUT2D eigenvalue weighted by Crippen LogP contribution is -2.45. The summed E-state index contributed by atoms with van der Waals surface area (Å²) in [6.07, 6.45) is 3.38. The van der Waals surface area contributed by atoms with Gasteiger partial charge < -0.3 is 0 Å². The lowest BCUT2D eigenvalue weighted by atomic mass is 10.1. The summed E-state index contributed by atoms with van der Waals surface area (Å²) in [4.78, 5) is 11.9. The topological polar surface area (TPSA) is 32.3 Å². The molecule has 92 valence electrons. The molecule has 0 spiro atoms. The summed E-state index contributed by atoms with van der Waals surface area (Å²) in [6.45, 7) is 1.72. The van der Waals surface area contributed by atoms with Crippen LogP contribution in [0.2, 0.25) is 0 Å². The number of hydrogen-bond acceptors (Lipinski definition) is 2. The van der Waals surface area contributed by atoms with Gasteiger partial charge in [0.05, 0.1) is 10.0 Å². The van der Waals surface area contributed by atoms with Gasteiger partial charge in [0.25, 0.3) is 5.91 Å². The molecule has 17 heavy (non-hydrogen) atoms. The molecule has 0 saturated carbocycles. The van der Waals surface area contributed by atoms with E-state index in [2.05, 4.69) is 21.4 Å². The summed E-state index contributed by atoms with van der Waals surface area (Å²) in [5, 5.41) is 1.89. The van der Waals surface area contributed by atoms with Crippen molar-refractivity contribution in [3.05, 3.63) is 34.1 Å². The minimum absolute atomic E-state index is 0.217. The number of carbonyl (C=O) groups is 1. The smallest absolute Gasteiger partial charge is 0.266 e. The van der Waals surface area contributed by atoms with Crippen molar-refractivity contribution in [2.75, 3.05) is 13.1 Å². The largest absolute Gasteiger partial charge is 0.285 e. The Kier molecular flexibility index (Phi) is 4.12. The van der Waals surface area contributed by atoms with Gasteiger partial charge in [-0.3, -0.25) is 10.2 Å². The Morgan fingerprint density at radius 2 is 2.00 bits per heavy atom. The fourth-order valence-electron chi connectivity index (χ4n) is 1.89. The van der Waals surface area contributed by atoms with Crippen LogP contribution in [0, 0.1) is 5.82 Å². The molecule has 0 atom stereocenters. The first-order chi connectivity index (χ1) is 8.18. The number of halogens is 2. The molecule has 1 amide bonds. The summed E-state index contributed by atoms with van der Waals surface area (Å²) < 4.78 is 13.5. The van der Waals surface area contributed by atoms with Crippen LogP contribution in [0.4, 0.5) is 4.39 Å². The van der Waals surface area contributed by atoms with E-state index in [4.69, 9.17) is 0 Å². The quantitative estimate of drug-likeness (QED) is 0.911. The Morgan fingerprint density at radius 3 is 2.71 bits per heavy atom. The number of hydrogen-bond donors (Lipinski definition) is 1. The van der Waals surface area contributed by atoms with Gasteiger partial charge in [-0.2, -0.15) is 0 Å². The minimum Gasteiger partial charge on any atom is -0.285 e. The van der Waals surface area contributed by atoms with Crippen LogP contribution in [0.3, 0.4) is 0 Å². The van der Waals surface area contributed by atoms with Crippen LogP contribution in [0.1, 0.15) is 29.6 Å². The Labute approximate surface area is 108 Å². The number of rotatable bonds is 2. The molecule has 1 fully saturated rings. The summed E-state index contributed by atoms with van der Waals surface area (Å²) >= 11 is 3.09. The second kappa shape index (κ2) is 5.60. The third-order valence-electron chi connectivity index (χ3n) is 2.81. The lowest BCUT2D eigenvalue weighted by molar-refractivity contribution is 0.0748. The van der Waals surface area contributed by atoms with Gasteiger partial charge >= 0.3 is 0 Å². The van der Waals surface area contributed by atoms with E-state index in [0.717, 1.165) is 25.9 Å². The standard InChI is InChI=1S/C12H14BrFN2O/c13-11-9(5-4-6-10(11)14)12(17)15-16-7-2-1-3-8-16/h4-6H,1-3,7-8H2,(H,15,17). The zero-order valence-corrected chi connectivity index (χ0v) is 11.0. The van der Waals surface area contributed by atoms with E-state index in [0.29, 0.717) is 5.56 Å². The summed E-state index contributed by atoms with van der Waals surface area (Å²) in [5.74, 6) is -0.686. The van der Waals surface area contributed by atoms with Gasteiger partial charge in [0, 0.05) is 13.1 Å². The first-order valence-electron chi connectivity index (χ1n) is 5.68. The Bertz CT molecular complexity index is 419. The molecule has 5 heteroatoms. The highest BCUT2D eigenvalue weighted by molar-refractivity contribution is 9.10. The first kappa shape index (κ1) is 12.5. The van der Waals surface area contributed by atoms with E-state index < -0.39 is 5.82 Å². The molecule has 1 aliphatic rings. The highest BCUT2D eigenvalue weighted by atomic mass is 79.9. The van der Waals surface area contributed by atoms with Crippen LogP contribution < -0.4 is 5.43 Å². The predicted octanol–water partition coefficient (Wildman–Crippen LogP) is 2.72. The average Bonchev–Trinajstić information content (AvgIpc) is 2.34. The van der Waals surface area contributed by atoms with E-state index in [1.165, 1.54) is 18.6 Å². The molecule has 1 saturated heterocycles. The van der Waals surface area contributed by atoms with Gasteiger partial charge in [-0.1, -0.05) is 12.5 Å². The molecule has 1 N–H and O–H groups in total. The molecule has 1 aromatic rings. The van der Waals surface area contributed by atoms with Crippen LogP contribution in [-0.4, -0.2) is 24.0 Å². The van der Waals surface area contributed by atoms with Crippen LogP contribution in [0.15, 0.2) is 22.7 Å². The monoisotopic (exact) mass is 300 g/mol. The van der Waals surface area contributed by atoms with Crippen molar-refractivity contribution < 1.29 is 9.18 Å². The highest BCUT2D eigenvalue weighted by Crippen LogP contribution is 2.20. The summed E-state index contributed by atoms with van der Waals surface area (Å²) in [7, 11) is 0. The van der Waals surface area contributed by atoms with Crippen molar-refractivity contribution in [3.8, 4) is 0 Å². The fourth-order valence-corrected chi connectivity index (χ4v) is 2.33. The van der Waals surface area contributed by atoms with Crippen LogP contribution in [0.5, 0.6) is 0 Å². The number of nitrogens with one attached hydrogen (secondary N) is 1. The number of amides is 1. The fraction of sp³-hybridized carbons (Fsp3) is 0.417. The Balaban J connectivity index is 2.06. The molecule has 0 aromatic heterocycles. The van der Waals surface area contributed by atoms with Gasteiger partial charge in [-0.05, 0) is 40.9 Å². The molecule has 2 rings (SSSR count). The molecule has 0 unspecified atom stereocenters. The minimum atomic E-state index is -0.420. The van der Waals surface area contributed by atoms with Crippen molar-refractivity contribution in [1.29, 1.82) is 0 Å². The lowest BCUT2D eigenvalue weighted by Gasteiger charge is -2.26. The summed E-state index contributed by atoms with van der Waals surface area (Å²) in [6, 6.07) is 4.46. The molecule has 0 aliphatic carbocycles. The maximum atomic E-state index is 13.3. The number of piperidine rings is 1. The zero-order valence-electron chi connectivity index (χ0n) is 9.38. The number of hydrazine groups is 1. The van der Waals surface area contributed by atoms with Crippen molar-refractivity contribution in [1.82, 2.24) is 10.4 Å². The number of carbonyl (C=O) groups excluding carboxylic acids is 1. The number of benzene rings is 1. The van der Waals surface area contributed by atoms with E-state index in [1.807, 2.05) is 5.01 Å². The van der Waals surface area contributed by atoms with Crippen LogP contribution >= 0.6 is 15.9 Å². The van der Waals surface area contributed by atoms with Gasteiger partial charge in [-0.25, -0.2) is 9.40 Å². The van der Waals surface area contributed by atoms with Crippen LogP contribution in [-0.2, 0) is 0 Å². The first-order valence-corrected chi connectivity index (χ1v) is 6.48. The summed E-state index contributed by atoms with van der Waals surface area (Å²) in [5.41, 5.74) is 3.13. The molecular weight excluding hydrogens is 287 g/mol.